The first-order valence-corrected chi connectivity index (χ1v) is 7.34. The van der Waals surface area contributed by atoms with Crippen LogP contribution in [0.15, 0.2) is 45.8 Å². The lowest BCUT2D eigenvalue weighted by molar-refractivity contribution is 0.272. The highest BCUT2D eigenvalue weighted by Crippen LogP contribution is 2.32. The molecule has 0 aliphatic heterocycles. The van der Waals surface area contributed by atoms with E-state index in [-0.39, 0.29) is 6.61 Å². The summed E-state index contributed by atoms with van der Waals surface area (Å²) in [7, 11) is 0. The molecule has 92 valence electrons. The number of hydrogen-bond donors (Lipinski definition) is 1. The van der Waals surface area contributed by atoms with Gasteiger partial charge in [0.05, 0.1) is 12.3 Å². The monoisotopic (exact) mass is 296 g/mol. The number of aliphatic hydroxyl groups is 1. The third kappa shape index (κ3) is 2.14. The fourth-order valence-electron chi connectivity index (χ4n) is 1.65. The summed E-state index contributed by atoms with van der Waals surface area (Å²) in [6.45, 7) is -0.0200. The van der Waals surface area contributed by atoms with E-state index in [4.69, 9.17) is 11.6 Å². The Hall–Kier alpha value is -1.01. The van der Waals surface area contributed by atoms with E-state index in [1.807, 2.05) is 40.2 Å². The normalized spacial score (nSPS) is 11.2. The Bertz CT molecular complexity index is 675. The maximum atomic E-state index is 9.46. The summed E-state index contributed by atoms with van der Waals surface area (Å²) in [5, 5.41) is 13.0. The zero-order chi connectivity index (χ0) is 12.5. The van der Waals surface area contributed by atoms with Gasteiger partial charge in [-0.25, -0.2) is 4.98 Å². The number of imidazole rings is 1. The summed E-state index contributed by atoms with van der Waals surface area (Å²) >= 11 is 8.94. The quantitative estimate of drug-likeness (QED) is 0.801. The predicted octanol–water partition coefficient (Wildman–Crippen LogP) is 3.69. The molecule has 0 radical (unpaired) electrons. The third-order valence-electron chi connectivity index (χ3n) is 2.50. The van der Waals surface area contributed by atoms with Gasteiger partial charge in [0.15, 0.2) is 4.96 Å². The van der Waals surface area contributed by atoms with E-state index in [1.165, 1.54) is 11.8 Å². The van der Waals surface area contributed by atoms with Crippen molar-refractivity contribution in [2.24, 2.45) is 0 Å². The molecule has 0 saturated heterocycles. The van der Waals surface area contributed by atoms with Gasteiger partial charge < -0.3 is 5.11 Å². The first-order valence-electron chi connectivity index (χ1n) is 5.26. The molecule has 0 atom stereocenters. The molecule has 18 heavy (non-hydrogen) atoms. The van der Waals surface area contributed by atoms with E-state index in [1.54, 1.807) is 11.3 Å². The summed E-state index contributed by atoms with van der Waals surface area (Å²) in [5.41, 5.74) is 0.825. The van der Waals surface area contributed by atoms with E-state index in [0.29, 0.717) is 5.02 Å². The van der Waals surface area contributed by atoms with Crippen molar-refractivity contribution in [3.8, 4) is 0 Å². The number of rotatable bonds is 3. The van der Waals surface area contributed by atoms with Gasteiger partial charge in [0.2, 0.25) is 0 Å². The first-order chi connectivity index (χ1) is 8.78. The molecule has 0 unspecified atom stereocenters. The highest BCUT2D eigenvalue weighted by atomic mass is 35.5. The molecular formula is C12H9ClN2OS2. The fourth-order valence-corrected chi connectivity index (χ4v) is 3.48. The van der Waals surface area contributed by atoms with Gasteiger partial charge >= 0.3 is 0 Å². The van der Waals surface area contributed by atoms with Crippen LogP contribution in [0, 0.1) is 0 Å². The van der Waals surface area contributed by atoms with E-state index >= 15 is 0 Å². The van der Waals surface area contributed by atoms with Gasteiger partial charge in [-0.1, -0.05) is 23.4 Å². The molecule has 0 bridgehead atoms. The Balaban J connectivity index is 1.98. The van der Waals surface area contributed by atoms with Crippen LogP contribution in [-0.4, -0.2) is 14.5 Å². The minimum Gasteiger partial charge on any atom is -0.390 e. The average molecular weight is 297 g/mol. The zero-order valence-electron chi connectivity index (χ0n) is 9.21. The van der Waals surface area contributed by atoms with Gasteiger partial charge in [0.25, 0.3) is 0 Å². The fraction of sp³-hybridized carbons (Fsp3) is 0.0833. The van der Waals surface area contributed by atoms with Crippen molar-refractivity contribution in [1.29, 1.82) is 0 Å². The van der Waals surface area contributed by atoms with Crippen LogP contribution in [0.5, 0.6) is 0 Å². The van der Waals surface area contributed by atoms with E-state index in [0.717, 1.165) is 20.6 Å². The molecule has 0 fully saturated rings. The Labute approximate surface area is 117 Å². The minimum atomic E-state index is -0.0200. The second-order valence-electron chi connectivity index (χ2n) is 3.63. The minimum absolute atomic E-state index is 0.0200. The van der Waals surface area contributed by atoms with Crippen LogP contribution in [0.1, 0.15) is 5.69 Å². The molecule has 2 heterocycles. The van der Waals surface area contributed by atoms with E-state index in [9.17, 15) is 5.11 Å². The number of benzene rings is 1. The number of aromatic nitrogens is 2. The summed E-state index contributed by atoms with van der Waals surface area (Å²) < 4.78 is 1.92. The Morgan fingerprint density at radius 1 is 1.33 bits per heavy atom. The second-order valence-corrected chi connectivity index (χ2v) is 6.01. The smallest absolute Gasteiger partial charge is 0.195 e. The van der Waals surface area contributed by atoms with Gasteiger partial charge in [-0.05, 0) is 24.3 Å². The molecule has 3 rings (SSSR count). The van der Waals surface area contributed by atoms with Crippen LogP contribution in [-0.2, 0) is 6.61 Å². The van der Waals surface area contributed by atoms with Crippen molar-refractivity contribution in [2.75, 3.05) is 0 Å². The lowest BCUT2D eigenvalue weighted by Crippen LogP contribution is -1.90. The van der Waals surface area contributed by atoms with Crippen molar-refractivity contribution in [3.63, 3.8) is 0 Å². The Morgan fingerprint density at radius 3 is 2.83 bits per heavy atom. The standard InChI is InChI=1S/C12H9ClN2OS2/c13-8-1-3-9(4-2-8)18-11-10(7-16)15-5-6-17-12(15)14-11/h1-6,16H,7H2. The van der Waals surface area contributed by atoms with Gasteiger partial charge in [0.1, 0.15) is 5.03 Å². The van der Waals surface area contributed by atoms with E-state index < -0.39 is 0 Å². The number of nitrogens with zero attached hydrogens (tertiary/aromatic N) is 2. The largest absolute Gasteiger partial charge is 0.390 e. The summed E-state index contributed by atoms with van der Waals surface area (Å²) in [6, 6.07) is 7.59. The maximum absolute atomic E-state index is 9.46. The third-order valence-corrected chi connectivity index (χ3v) is 4.54. The lowest BCUT2D eigenvalue weighted by atomic mass is 10.4. The molecule has 0 amide bonds. The van der Waals surface area contributed by atoms with Gasteiger partial charge in [-0.3, -0.25) is 4.40 Å². The van der Waals surface area contributed by atoms with Crippen LogP contribution in [0.4, 0.5) is 0 Å². The van der Waals surface area contributed by atoms with Crippen LogP contribution in [0.25, 0.3) is 4.96 Å². The highest BCUT2D eigenvalue weighted by molar-refractivity contribution is 7.99. The Kier molecular flexibility index (Phi) is 3.30. The van der Waals surface area contributed by atoms with Crippen molar-refractivity contribution in [2.45, 2.75) is 16.5 Å². The number of hydrogen-bond acceptors (Lipinski definition) is 4. The average Bonchev–Trinajstić information content (AvgIpc) is 2.92. The SMILES string of the molecule is OCc1c(Sc2ccc(Cl)cc2)nc2sccn12. The molecular weight excluding hydrogens is 288 g/mol. The second kappa shape index (κ2) is 4.93. The molecule has 0 saturated carbocycles. The molecule has 1 aromatic carbocycles. The van der Waals surface area contributed by atoms with Crippen molar-refractivity contribution in [1.82, 2.24) is 9.38 Å². The molecule has 1 N–H and O–H groups in total. The molecule has 0 spiro atoms. The van der Waals surface area contributed by atoms with Gasteiger partial charge in [0, 0.05) is 21.5 Å². The molecule has 2 aromatic heterocycles. The number of halogens is 1. The van der Waals surface area contributed by atoms with Crippen LogP contribution in [0.3, 0.4) is 0 Å². The maximum Gasteiger partial charge on any atom is 0.195 e. The number of thiazole rings is 1. The summed E-state index contributed by atoms with van der Waals surface area (Å²) in [6.07, 6.45) is 1.92. The zero-order valence-corrected chi connectivity index (χ0v) is 11.6. The highest BCUT2D eigenvalue weighted by Gasteiger charge is 2.13. The van der Waals surface area contributed by atoms with Gasteiger partial charge in [-0.15, -0.1) is 11.3 Å². The van der Waals surface area contributed by atoms with E-state index in [2.05, 4.69) is 4.98 Å². The van der Waals surface area contributed by atoms with Crippen molar-refractivity contribution >= 4 is 39.7 Å². The molecule has 6 heteroatoms. The molecule has 3 nitrogen and oxygen atoms in total. The van der Waals surface area contributed by atoms with Crippen molar-refractivity contribution in [3.05, 3.63) is 46.6 Å². The number of fused-ring (bicyclic) bond motifs is 1. The Morgan fingerprint density at radius 2 is 2.11 bits per heavy atom. The summed E-state index contributed by atoms with van der Waals surface area (Å²) in [4.78, 5) is 6.47. The number of aliphatic hydroxyl groups excluding tert-OH is 1. The van der Waals surface area contributed by atoms with Crippen LogP contribution in [0.2, 0.25) is 5.02 Å². The lowest BCUT2D eigenvalue weighted by Gasteiger charge is -2.01. The predicted molar refractivity (Wildman–Crippen MR) is 74.6 cm³/mol. The molecule has 0 aliphatic carbocycles. The molecule has 3 aromatic rings. The van der Waals surface area contributed by atoms with Crippen LogP contribution < -0.4 is 0 Å². The topological polar surface area (TPSA) is 37.5 Å². The summed E-state index contributed by atoms with van der Waals surface area (Å²) in [5.74, 6) is 0. The van der Waals surface area contributed by atoms with Crippen LogP contribution >= 0.6 is 34.7 Å². The van der Waals surface area contributed by atoms with Crippen molar-refractivity contribution < 1.29 is 5.11 Å². The first kappa shape index (κ1) is 12.0. The van der Waals surface area contributed by atoms with Gasteiger partial charge in [-0.2, -0.15) is 0 Å². The molecule has 0 aliphatic rings.